The lowest BCUT2D eigenvalue weighted by Gasteiger charge is -2.12. The van der Waals surface area contributed by atoms with E-state index in [9.17, 15) is 0 Å². The lowest BCUT2D eigenvalue weighted by molar-refractivity contribution is 0.752. The first-order chi connectivity index (χ1) is 11.9. The largest absolute Gasteiger partial charge is 0.255 e. The van der Waals surface area contributed by atoms with Gasteiger partial charge < -0.3 is 0 Å². The predicted molar refractivity (Wildman–Crippen MR) is 101 cm³/mol. The highest BCUT2D eigenvalue weighted by atomic mass is 14.7. The Morgan fingerprint density at radius 3 is 2.46 bits per heavy atom. The Morgan fingerprint density at radius 2 is 1.54 bits per heavy atom. The molecule has 0 saturated carbocycles. The molecule has 0 unspecified atom stereocenters. The van der Waals surface area contributed by atoms with Crippen molar-refractivity contribution >= 4 is 21.5 Å². The van der Waals surface area contributed by atoms with Crippen molar-refractivity contribution in [2.24, 2.45) is 0 Å². The molecule has 3 aromatic carbocycles. The number of rotatable bonds is 1. The van der Waals surface area contributed by atoms with Crippen LogP contribution in [0.5, 0.6) is 0 Å². The number of aromatic nitrogens is 1. The van der Waals surface area contributed by atoms with Crippen LogP contribution >= 0.6 is 0 Å². The van der Waals surface area contributed by atoms with E-state index >= 15 is 0 Å². The second-order valence-corrected chi connectivity index (χ2v) is 6.74. The van der Waals surface area contributed by atoms with E-state index in [2.05, 4.69) is 66.9 Å². The van der Waals surface area contributed by atoms with Crippen molar-refractivity contribution in [3.05, 3.63) is 78.0 Å². The smallest absolute Gasteiger partial charge is 0.0780 e. The molecule has 0 saturated heterocycles. The minimum atomic E-state index is 1.11. The second kappa shape index (κ2) is 5.45. The Bertz CT molecular complexity index is 1050. The zero-order chi connectivity index (χ0) is 15.9. The summed E-state index contributed by atoms with van der Waals surface area (Å²) in [4.78, 5) is 4.87. The molecule has 0 aliphatic heterocycles. The van der Waals surface area contributed by atoms with Crippen molar-refractivity contribution in [1.82, 2.24) is 4.98 Å². The molecule has 0 N–H and O–H groups in total. The van der Waals surface area contributed by atoms with E-state index in [0.29, 0.717) is 0 Å². The standard InChI is InChI=1S/C23H19N/c1-3-8-18-14-19(13-12-16(18)6-1)23-21-11-5-10-17-7-2-4-9-20(15-24-23)22(17)21/h1,3,5-6,8,10-15H,2,4,7,9H2. The molecular formula is C23H19N. The van der Waals surface area contributed by atoms with Gasteiger partial charge in [-0.25, -0.2) is 0 Å². The van der Waals surface area contributed by atoms with Crippen LogP contribution in [0.2, 0.25) is 0 Å². The first kappa shape index (κ1) is 13.7. The van der Waals surface area contributed by atoms with Crippen LogP contribution in [-0.4, -0.2) is 4.98 Å². The van der Waals surface area contributed by atoms with Crippen molar-refractivity contribution in [2.75, 3.05) is 0 Å². The van der Waals surface area contributed by atoms with Gasteiger partial charge >= 0.3 is 0 Å². The quantitative estimate of drug-likeness (QED) is 0.424. The van der Waals surface area contributed by atoms with E-state index < -0.39 is 0 Å². The molecule has 4 aromatic rings. The second-order valence-electron chi connectivity index (χ2n) is 6.74. The molecule has 1 nitrogen and oxygen atoms in total. The van der Waals surface area contributed by atoms with E-state index in [1.165, 1.54) is 57.5 Å². The molecule has 0 bridgehead atoms. The highest BCUT2D eigenvalue weighted by molar-refractivity contribution is 6.00. The van der Waals surface area contributed by atoms with Crippen molar-refractivity contribution in [3.8, 4) is 11.3 Å². The highest BCUT2D eigenvalue weighted by Gasteiger charge is 2.15. The Balaban J connectivity index is 1.80. The lowest BCUT2D eigenvalue weighted by atomic mass is 9.95. The maximum absolute atomic E-state index is 4.87. The molecule has 1 aliphatic rings. The van der Waals surface area contributed by atoms with Crippen molar-refractivity contribution in [2.45, 2.75) is 25.7 Å². The van der Waals surface area contributed by atoms with E-state index in [1.807, 2.05) is 0 Å². The summed E-state index contributed by atoms with van der Waals surface area (Å²) in [5, 5.41) is 5.31. The van der Waals surface area contributed by atoms with Crippen LogP contribution in [0.3, 0.4) is 0 Å². The third kappa shape index (κ3) is 2.12. The van der Waals surface area contributed by atoms with Crippen molar-refractivity contribution < 1.29 is 0 Å². The van der Waals surface area contributed by atoms with Crippen LogP contribution < -0.4 is 0 Å². The molecule has 1 aliphatic carbocycles. The van der Waals surface area contributed by atoms with E-state index in [4.69, 9.17) is 4.98 Å². The Kier molecular flexibility index (Phi) is 3.12. The number of fused-ring (bicyclic) bond motifs is 1. The zero-order valence-corrected chi connectivity index (χ0v) is 13.6. The van der Waals surface area contributed by atoms with Crippen molar-refractivity contribution in [1.29, 1.82) is 0 Å². The molecule has 116 valence electrons. The number of hydrogen-bond donors (Lipinski definition) is 0. The maximum Gasteiger partial charge on any atom is 0.0780 e. The number of benzene rings is 3. The van der Waals surface area contributed by atoms with Crippen LogP contribution in [0, 0.1) is 0 Å². The molecular weight excluding hydrogens is 290 g/mol. The summed E-state index contributed by atoms with van der Waals surface area (Å²) < 4.78 is 0. The molecule has 0 atom stereocenters. The summed E-state index contributed by atoms with van der Waals surface area (Å²) in [6, 6.07) is 21.9. The summed E-state index contributed by atoms with van der Waals surface area (Å²) >= 11 is 0. The molecule has 0 fully saturated rings. The number of pyridine rings is 1. The van der Waals surface area contributed by atoms with Gasteiger partial charge in [-0.3, -0.25) is 4.98 Å². The van der Waals surface area contributed by atoms with Gasteiger partial charge in [0.05, 0.1) is 5.69 Å². The van der Waals surface area contributed by atoms with Crippen LogP contribution in [0.1, 0.15) is 24.0 Å². The van der Waals surface area contributed by atoms with E-state index in [-0.39, 0.29) is 0 Å². The summed E-state index contributed by atoms with van der Waals surface area (Å²) in [6.07, 6.45) is 6.99. The minimum absolute atomic E-state index is 1.11. The number of nitrogens with zero attached hydrogens (tertiary/aromatic N) is 1. The average Bonchev–Trinajstić information content (AvgIpc) is 2.85. The summed E-state index contributed by atoms with van der Waals surface area (Å²) in [5.74, 6) is 0. The van der Waals surface area contributed by atoms with Gasteiger partial charge in [-0.15, -0.1) is 0 Å². The van der Waals surface area contributed by atoms with Gasteiger partial charge in [0.1, 0.15) is 0 Å². The molecule has 1 heterocycles. The van der Waals surface area contributed by atoms with Gasteiger partial charge in [0.15, 0.2) is 0 Å². The Labute approximate surface area is 142 Å². The summed E-state index contributed by atoms with van der Waals surface area (Å²) in [5.41, 5.74) is 5.23. The monoisotopic (exact) mass is 309 g/mol. The normalized spacial score (nSPS) is 14.0. The fourth-order valence-corrected chi connectivity index (χ4v) is 4.05. The third-order valence-electron chi connectivity index (χ3n) is 5.24. The van der Waals surface area contributed by atoms with Crippen LogP contribution in [0.15, 0.2) is 66.9 Å². The molecule has 0 radical (unpaired) electrons. The van der Waals surface area contributed by atoms with Gasteiger partial charge in [-0.2, -0.15) is 0 Å². The topological polar surface area (TPSA) is 12.9 Å². The summed E-state index contributed by atoms with van der Waals surface area (Å²) in [7, 11) is 0. The molecule has 24 heavy (non-hydrogen) atoms. The van der Waals surface area contributed by atoms with Crippen LogP contribution in [0.25, 0.3) is 32.8 Å². The predicted octanol–water partition coefficient (Wildman–Crippen LogP) is 5.93. The van der Waals surface area contributed by atoms with Gasteiger partial charge in [-0.05, 0) is 59.0 Å². The Hall–Kier alpha value is -2.67. The fraction of sp³-hybridized carbons (Fsp3) is 0.174. The Morgan fingerprint density at radius 1 is 0.708 bits per heavy atom. The van der Waals surface area contributed by atoms with E-state index in [0.717, 1.165) is 12.1 Å². The van der Waals surface area contributed by atoms with Gasteiger partial charge in [0, 0.05) is 17.1 Å². The lowest BCUT2D eigenvalue weighted by Crippen LogP contribution is -1.94. The SMILES string of the molecule is c1ccc2cc(-c3ncc4c5c(cccc35)CCCC4)ccc2c1. The summed E-state index contributed by atoms with van der Waals surface area (Å²) in [6.45, 7) is 0. The molecule has 0 spiro atoms. The van der Waals surface area contributed by atoms with Gasteiger partial charge in [0.25, 0.3) is 0 Å². The molecule has 0 amide bonds. The third-order valence-corrected chi connectivity index (χ3v) is 5.24. The van der Waals surface area contributed by atoms with Gasteiger partial charge in [0.2, 0.25) is 0 Å². The molecule has 5 rings (SSSR count). The number of aryl methyl sites for hydroxylation is 2. The first-order valence-corrected chi connectivity index (χ1v) is 8.79. The van der Waals surface area contributed by atoms with Gasteiger partial charge in [-0.1, -0.05) is 54.6 Å². The minimum Gasteiger partial charge on any atom is -0.255 e. The maximum atomic E-state index is 4.87. The first-order valence-electron chi connectivity index (χ1n) is 8.79. The highest BCUT2D eigenvalue weighted by Crippen LogP contribution is 2.35. The number of hydrogen-bond acceptors (Lipinski definition) is 1. The van der Waals surface area contributed by atoms with E-state index in [1.54, 1.807) is 0 Å². The van der Waals surface area contributed by atoms with Crippen LogP contribution in [-0.2, 0) is 12.8 Å². The molecule has 1 heteroatoms. The average molecular weight is 309 g/mol. The van der Waals surface area contributed by atoms with Crippen molar-refractivity contribution in [3.63, 3.8) is 0 Å². The fourth-order valence-electron chi connectivity index (χ4n) is 4.05. The van der Waals surface area contributed by atoms with Crippen LogP contribution in [0.4, 0.5) is 0 Å². The zero-order valence-electron chi connectivity index (χ0n) is 13.6. The molecule has 1 aromatic heterocycles.